The highest BCUT2D eigenvalue weighted by molar-refractivity contribution is 6.63. The zero-order chi connectivity index (χ0) is 18.9. The molecule has 0 saturated carbocycles. The minimum absolute atomic E-state index is 0.116. The summed E-state index contributed by atoms with van der Waals surface area (Å²) in [7, 11) is -0.812. The highest BCUT2D eigenvalue weighted by Crippen LogP contribution is 2.37. The maximum atomic E-state index is 14.1. The minimum atomic E-state index is -0.812. The molecule has 0 atom stereocenters. The van der Waals surface area contributed by atoms with Crippen molar-refractivity contribution in [2.75, 3.05) is 0 Å². The Labute approximate surface area is 153 Å². The standard InChI is InChI=1S/C20H21BFNO3/c1-19(2)20(3,4)26-21(25-19)17-11-16(22)10-15(12-23)18(17)24-13-14-8-6-5-7-9-14/h5-11H,13H2,1-4H3. The number of nitrogens with zero attached hydrogens (tertiary/aromatic N) is 1. The molecule has 2 aromatic carbocycles. The minimum Gasteiger partial charge on any atom is -0.488 e. The first-order valence-electron chi connectivity index (χ1n) is 8.49. The Hall–Kier alpha value is -2.36. The molecule has 1 fully saturated rings. The lowest BCUT2D eigenvalue weighted by atomic mass is 9.77. The van der Waals surface area contributed by atoms with Gasteiger partial charge in [-0.25, -0.2) is 4.39 Å². The molecule has 2 aromatic rings. The Morgan fingerprint density at radius 1 is 1.08 bits per heavy atom. The van der Waals surface area contributed by atoms with Crippen LogP contribution in [0.3, 0.4) is 0 Å². The molecule has 0 bridgehead atoms. The number of nitriles is 1. The van der Waals surface area contributed by atoms with Crippen molar-refractivity contribution in [3.8, 4) is 11.8 Å². The summed E-state index contributed by atoms with van der Waals surface area (Å²) in [4.78, 5) is 0. The van der Waals surface area contributed by atoms with Crippen LogP contribution in [0.5, 0.6) is 5.75 Å². The number of benzene rings is 2. The molecular formula is C20H21BFNO3. The summed E-state index contributed by atoms with van der Waals surface area (Å²) in [6, 6.07) is 14.0. The van der Waals surface area contributed by atoms with E-state index in [1.807, 2.05) is 64.1 Å². The van der Waals surface area contributed by atoms with Crippen molar-refractivity contribution in [2.24, 2.45) is 0 Å². The van der Waals surface area contributed by atoms with E-state index in [1.54, 1.807) is 0 Å². The van der Waals surface area contributed by atoms with Crippen molar-refractivity contribution in [3.63, 3.8) is 0 Å². The highest BCUT2D eigenvalue weighted by Gasteiger charge is 2.52. The molecule has 4 nitrogen and oxygen atoms in total. The van der Waals surface area contributed by atoms with E-state index in [2.05, 4.69) is 0 Å². The van der Waals surface area contributed by atoms with Gasteiger partial charge in [0.1, 0.15) is 24.2 Å². The number of hydrogen-bond donors (Lipinski definition) is 0. The van der Waals surface area contributed by atoms with Gasteiger partial charge in [-0.05, 0) is 45.4 Å². The predicted molar refractivity (Wildman–Crippen MR) is 97.6 cm³/mol. The van der Waals surface area contributed by atoms with Crippen LogP contribution in [-0.4, -0.2) is 18.3 Å². The average Bonchev–Trinajstić information content (AvgIpc) is 2.81. The van der Waals surface area contributed by atoms with Crippen LogP contribution in [0, 0.1) is 17.1 Å². The average molecular weight is 353 g/mol. The molecular weight excluding hydrogens is 332 g/mol. The molecule has 3 rings (SSSR count). The third-order valence-corrected chi connectivity index (χ3v) is 4.94. The second-order valence-electron chi connectivity index (χ2n) is 7.35. The van der Waals surface area contributed by atoms with Crippen LogP contribution < -0.4 is 10.2 Å². The monoisotopic (exact) mass is 353 g/mol. The maximum Gasteiger partial charge on any atom is 0.498 e. The first-order chi connectivity index (χ1) is 12.2. The molecule has 0 radical (unpaired) electrons. The zero-order valence-electron chi connectivity index (χ0n) is 15.4. The highest BCUT2D eigenvalue weighted by atomic mass is 19.1. The molecule has 1 saturated heterocycles. The molecule has 0 N–H and O–H groups in total. The van der Waals surface area contributed by atoms with Gasteiger partial charge in [0.25, 0.3) is 0 Å². The molecule has 134 valence electrons. The molecule has 1 aliphatic heterocycles. The van der Waals surface area contributed by atoms with Crippen molar-refractivity contribution in [1.82, 2.24) is 0 Å². The molecule has 0 unspecified atom stereocenters. The van der Waals surface area contributed by atoms with Crippen molar-refractivity contribution < 1.29 is 18.4 Å². The molecule has 26 heavy (non-hydrogen) atoms. The molecule has 1 aliphatic rings. The first-order valence-corrected chi connectivity index (χ1v) is 8.49. The van der Waals surface area contributed by atoms with E-state index in [9.17, 15) is 9.65 Å². The van der Waals surface area contributed by atoms with E-state index in [0.717, 1.165) is 11.6 Å². The summed E-state index contributed by atoms with van der Waals surface area (Å²) < 4.78 is 32.0. The van der Waals surface area contributed by atoms with Crippen molar-refractivity contribution in [1.29, 1.82) is 5.26 Å². The fourth-order valence-corrected chi connectivity index (χ4v) is 2.73. The lowest BCUT2D eigenvalue weighted by Crippen LogP contribution is -2.41. The molecule has 1 heterocycles. The summed E-state index contributed by atoms with van der Waals surface area (Å²) >= 11 is 0. The van der Waals surface area contributed by atoms with Gasteiger partial charge in [0.05, 0.1) is 16.8 Å². The molecule has 0 aromatic heterocycles. The summed E-state index contributed by atoms with van der Waals surface area (Å²) in [6.45, 7) is 7.93. The third-order valence-electron chi connectivity index (χ3n) is 4.94. The van der Waals surface area contributed by atoms with Gasteiger partial charge in [-0.15, -0.1) is 0 Å². The summed E-state index contributed by atoms with van der Waals surface area (Å²) in [5.74, 6) is -0.241. The van der Waals surface area contributed by atoms with Gasteiger partial charge in [0.2, 0.25) is 0 Å². The maximum absolute atomic E-state index is 14.1. The Kier molecular flexibility index (Phi) is 4.79. The third kappa shape index (κ3) is 3.46. The number of rotatable bonds is 4. The summed E-state index contributed by atoms with van der Waals surface area (Å²) in [6.07, 6.45) is 0. The van der Waals surface area contributed by atoms with E-state index in [-0.39, 0.29) is 17.9 Å². The fourth-order valence-electron chi connectivity index (χ4n) is 2.73. The van der Waals surface area contributed by atoms with Crippen LogP contribution in [0.1, 0.15) is 38.8 Å². The van der Waals surface area contributed by atoms with Crippen LogP contribution in [0.25, 0.3) is 0 Å². The Morgan fingerprint density at radius 2 is 1.69 bits per heavy atom. The van der Waals surface area contributed by atoms with Crippen LogP contribution >= 0.6 is 0 Å². The van der Waals surface area contributed by atoms with Gasteiger partial charge in [0, 0.05) is 5.46 Å². The van der Waals surface area contributed by atoms with Crippen LogP contribution in [0.4, 0.5) is 4.39 Å². The summed E-state index contributed by atoms with van der Waals surface area (Å²) in [5.41, 5.74) is 0.295. The second-order valence-corrected chi connectivity index (χ2v) is 7.35. The van der Waals surface area contributed by atoms with Crippen molar-refractivity contribution in [2.45, 2.75) is 45.5 Å². The largest absolute Gasteiger partial charge is 0.498 e. The molecule has 6 heteroatoms. The van der Waals surface area contributed by atoms with Crippen LogP contribution in [-0.2, 0) is 15.9 Å². The van der Waals surface area contributed by atoms with E-state index in [0.29, 0.717) is 5.46 Å². The normalized spacial score (nSPS) is 17.8. The SMILES string of the molecule is CC1(C)OB(c2cc(F)cc(C#N)c2OCc2ccccc2)OC1(C)C. The van der Waals surface area contributed by atoms with Gasteiger partial charge in [-0.2, -0.15) is 5.26 Å². The smallest absolute Gasteiger partial charge is 0.488 e. The molecule has 0 amide bonds. The quantitative estimate of drug-likeness (QED) is 0.789. The van der Waals surface area contributed by atoms with E-state index in [4.69, 9.17) is 14.0 Å². The number of hydrogen-bond acceptors (Lipinski definition) is 4. The molecule has 0 aliphatic carbocycles. The number of halogens is 1. The van der Waals surface area contributed by atoms with Gasteiger partial charge in [-0.3, -0.25) is 0 Å². The van der Waals surface area contributed by atoms with Gasteiger partial charge < -0.3 is 14.0 Å². The lowest BCUT2D eigenvalue weighted by molar-refractivity contribution is 0.00578. The zero-order valence-corrected chi connectivity index (χ0v) is 15.4. The Balaban J connectivity index is 1.97. The van der Waals surface area contributed by atoms with E-state index in [1.165, 1.54) is 6.07 Å². The van der Waals surface area contributed by atoms with Gasteiger partial charge in [0.15, 0.2) is 0 Å². The number of ether oxygens (including phenoxy) is 1. The Bertz CT molecular complexity index is 830. The first kappa shape index (κ1) is 18.4. The second kappa shape index (κ2) is 6.75. The molecule has 0 spiro atoms. The van der Waals surface area contributed by atoms with E-state index >= 15 is 0 Å². The van der Waals surface area contributed by atoms with Crippen LogP contribution in [0.15, 0.2) is 42.5 Å². The fraction of sp³-hybridized carbons (Fsp3) is 0.350. The summed E-state index contributed by atoms with van der Waals surface area (Å²) in [5, 5.41) is 9.43. The lowest BCUT2D eigenvalue weighted by Gasteiger charge is -2.32. The Morgan fingerprint density at radius 3 is 2.27 bits per heavy atom. The predicted octanol–water partition coefficient (Wildman–Crippen LogP) is 3.58. The van der Waals surface area contributed by atoms with Crippen molar-refractivity contribution >= 4 is 12.6 Å². The van der Waals surface area contributed by atoms with Crippen LogP contribution in [0.2, 0.25) is 0 Å². The van der Waals surface area contributed by atoms with Crippen molar-refractivity contribution in [3.05, 3.63) is 59.4 Å². The van der Waals surface area contributed by atoms with E-state index < -0.39 is 24.1 Å². The van der Waals surface area contributed by atoms with Gasteiger partial charge >= 0.3 is 7.12 Å². The topological polar surface area (TPSA) is 51.5 Å². The van der Waals surface area contributed by atoms with Gasteiger partial charge in [-0.1, -0.05) is 30.3 Å².